The maximum absolute atomic E-state index is 12.7. The van der Waals surface area contributed by atoms with E-state index in [9.17, 15) is 4.79 Å². The average Bonchev–Trinajstić information content (AvgIpc) is 2.76. The van der Waals surface area contributed by atoms with Crippen molar-refractivity contribution in [2.45, 2.75) is 27.2 Å². The number of allylic oxidation sites excluding steroid dienone is 1. The van der Waals surface area contributed by atoms with Gasteiger partial charge in [-0.15, -0.1) is 0 Å². The molecular formula is C17H17ClN2O. The van der Waals surface area contributed by atoms with Gasteiger partial charge in [0.25, 0.3) is 0 Å². The summed E-state index contributed by atoms with van der Waals surface area (Å²) < 4.78 is 1.88. The highest BCUT2D eigenvalue weighted by Crippen LogP contribution is 2.41. The fourth-order valence-corrected chi connectivity index (χ4v) is 3.36. The maximum atomic E-state index is 12.7. The number of nitrogens with zero attached hydrogens (tertiary/aromatic N) is 2. The summed E-state index contributed by atoms with van der Waals surface area (Å²) in [5.41, 5.74) is 5.19. The van der Waals surface area contributed by atoms with Crippen molar-refractivity contribution in [1.29, 1.82) is 0 Å². The number of aryl methyl sites for hydroxylation is 1. The largest absolute Gasteiger partial charge is 0.289 e. The van der Waals surface area contributed by atoms with Gasteiger partial charge >= 0.3 is 0 Å². The fourth-order valence-electron chi connectivity index (χ4n) is 2.97. The molecule has 108 valence electrons. The van der Waals surface area contributed by atoms with Gasteiger partial charge in [0.1, 0.15) is 0 Å². The number of fused-ring (bicyclic) bond motifs is 1. The zero-order valence-corrected chi connectivity index (χ0v) is 13.1. The number of carbonyl (C=O) groups is 1. The molecule has 1 aliphatic carbocycles. The lowest BCUT2D eigenvalue weighted by molar-refractivity contribution is 0.0994. The van der Waals surface area contributed by atoms with Crippen LogP contribution in [0.4, 0.5) is 0 Å². The van der Waals surface area contributed by atoms with Gasteiger partial charge in [-0.25, -0.2) is 4.68 Å². The van der Waals surface area contributed by atoms with Crippen LogP contribution in [-0.4, -0.2) is 15.6 Å². The van der Waals surface area contributed by atoms with Crippen LogP contribution in [0.1, 0.15) is 35.6 Å². The molecule has 0 unspecified atom stereocenters. The Morgan fingerprint density at radius 2 is 1.95 bits per heavy atom. The molecule has 0 saturated carbocycles. The quantitative estimate of drug-likeness (QED) is 0.744. The molecule has 0 spiro atoms. The van der Waals surface area contributed by atoms with Crippen molar-refractivity contribution < 1.29 is 4.79 Å². The van der Waals surface area contributed by atoms with E-state index in [1.807, 2.05) is 55.8 Å². The third kappa shape index (κ3) is 2.12. The van der Waals surface area contributed by atoms with Gasteiger partial charge in [-0.05, 0) is 30.9 Å². The first-order valence-electron chi connectivity index (χ1n) is 6.95. The van der Waals surface area contributed by atoms with Gasteiger partial charge in [-0.3, -0.25) is 4.79 Å². The molecule has 3 rings (SSSR count). The molecule has 1 aromatic carbocycles. The van der Waals surface area contributed by atoms with Crippen molar-refractivity contribution in [3.8, 4) is 5.69 Å². The minimum absolute atomic E-state index is 0.00377. The fraction of sp³-hybridized carbons (Fsp3) is 0.294. The number of Topliss-reactive ketones (excluding diaryl/α,β-unsaturated/α-hetero) is 1. The van der Waals surface area contributed by atoms with E-state index in [-0.39, 0.29) is 11.2 Å². The summed E-state index contributed by atoms with van der Waals surface area (Å²) in [5, 5.41) is 4.57. The van der Waals surface area contributed by atoms with Crippen LogP contribution < -0.4 is 0 Å². The Balaban J connectivity index is 2.24. The standard InChI is InChI=1S/C17H17ClN2O/c1-11-15-14(9-17(2,3)13(10-18)16(15)21)20(19-11)12-7-5-4-6-8-12/h4-8,10H,9H2,1-3H3. The van der Waals surface area contributed by atoms with Crippen molar-refractivity contribution in [3.63, 3.8) is 0 Å². The van der Waals surface area contributed by atoms with E-state index in [1.165, 1.54) is 5.54 Å². The molecule has 1 aromatic heterocycles. The van der Waals surface area contributed by atoms with E-state index in [1.54, 1.807) is 0 Å². The summed E-state index contributed by atoms with van der Waals surface area (Å²) in [5.74, 6) is -0.00377. The molecule has 4 heteroatoms. The predicted molar refractivity (Wildman–Crippen MR) is 84.1 cm³/mol. The number of benzene rings is 1. The van der Waals surface area contributed by atoms with Crippen molar-refractivity contribution in [3.05, 3.63) is 58.4 Å². The summed E-state index contributed by atoms with van der Waals surface area (Å²) in [6, 6.07) is 9.90. The predicted octanol–water partition coefficient (Wildman–Crippen LogP) is 4.07. The zero-order valence-electron chi connectivity index (χ0n) is 12.4. The number of halogens is 1. The summed E-state index contributed by atoms with van der Waals surface area (Å²) >= 11 is 5.89. The minimum Gasteiger partial charge on any atom is -0.289 e. The lowest BCUT2D eigenvalue weighted by Crippen LogP contribution is -2.31. The SMILES string of the molecule is Cc1nn(-c2ccccc2)c2c1C(=O)C(=CCl)C(C)(C)C2. The molecule has 2 aromatic rings. The number of carbonyl (C=O) groups excluding carboxylic acids is 1. The Morgan fingerprint density at radius 3 is 2.57 bits per heavy atom. The summed E-state index contributed by atoms with van der Waals surface area (Å²) in [4.78, 5) is 12.7. The van der Waals surface area contributed by atoms with E-state index >= 15 is 0 Å². The first kappa shape index (κ1) is 14.1. The highest BCUT2D eigenvalue weighted by atomic mass is 35.5. The number of aromatic nitrogens is 2. The molecule has 3 nitrogen and oxygen atoms in total. The van der Waals surface area contributed by atoms with Gasteiger partial charge < -0.3 is 0 Å². The van der Waals surface area contributed by atoms with Gasteiger partial charge in [0, 0.05) is 11.1 Å². The smallest absolute Gasteiger partial charge is 0.194 e. The molecular weight excluding hydrogens is 284 g/mol. The zero-order chi connectivity index (χ0) is 15.2. The van der Waals surface area contributed by atoms with E-state index in [4.69, 9.17) is 11.6 Å². The molecule has 0 fully saturated rings. The van der Waals surface area contributed by atoms with Crippen molar-refractivity contribution in [1.82, 2.24) is 9.78 Å². The molecule has 0 bridgehead atoms. The number of hydrogen-bond acceptors (Lipinski definition) is 2. The molecule has 0 aliphatic heterocycles. The summed E-state index contributed by atoms with van der Waals surface area (Å²) in [6.07, 6.45) is 0.738. The first-order chi connectivity index (χ1) is 9.95. The third-order valence-corrected chi connectivity index (χ3v) is 4.29. The molecule has 0 amide bonds. The van der Waals surface area contributed by atoms with Crippen LogP contribution in [-0.2, 0) is 6.42 Å². The molecule has 0 radical (unpaired) electrons. The summed E-state index contributed by atoms with van der Waals surface area (Å²) in [7, 11) is 0. The van der Waals surface area contributed by atoms with Crippen molar-refractivity contribution >= 4 is 17.4 Å². The maximum Gasteiger partial charge on any atom is 0.194 e. The van der Waals surface area contributed by atoms with E-state index in [0.29, 0.717) is 11.1 Å². The number of rotatable bonds is 1. The molecule has 0 atom stereocenters. The number of para-hydroxylation sites is 1. The van der Waals surface area contributed by atoms with Crippen LogP contribution in [0.2, 0.25) is 0 Å². The number of hydrogen-bond donors (Lipinski definition) is 0. The van der Waals surface area contributed by atoms with Crippen LogP contribution in [0.15, 0.2) is 41.4 Å². The van der Waals surface area contributed by atoms with Crippen LogP contribution in [0.5, 0.6) is 0 Å². The highest BCUT2D eigenvalue weighted by molar-refractivity contribution is 6.29. The van der Waals surface area contributed by atoms with Gasteiger partial charge in [0.2, 0.25) is 0 Å². The van der Waals surface area contributed by atoms with Gasteiger partial charge in [0.05, 0.1) is 22.6 Å². The molecule has 0 N–H and O–H groups in total. The minimum atomic E-state index is -0.287. The van der Waals surface area contributed by atoms with Crippen LogP contribution in [0, 0.1) is 12.3 Å². The first-order valence-corrected chi connectivity index (χ1v) is 7.39. The topological polar surface area (TPSA) is 34.9 Å². The van der Waals surface area contributed by atoms with Crippen LogP contribution in [0.25, 0.3) is 5.69 Å². The van der Waals surface area contributed by atoms with Crippen molar-refractivity contribution in [2.75, 3.05) is 0 Å². The second kappa shape index (κ2) is 4.85. The average molecular weight is 301 g/mol. The Kier molecular flexibility index (Phi) is 3.25. The second-order valence-corrected chi connectivity index (χ2v) is 6.29. The molecule has 21 heavy (non-hydrogen) atoms. The van der Waals surface area contributed by atoms with Gasteiger partial charge in [-0.1, -0.05) is 43.6 Å². The Labute approximate surface area is 129 Å². The van der Waals surface area contributed by atoms with Crippen LogP contribution in [0.3, 0.4) is 0 Å². The second-order valence-electron chi connectivity index (χ2n) is 6.07. The van der Waals surface area contributed by atoms with Crippen molar-refractivity contribution in [2.24, 2.45) is 5.41 Å². The van der Waals surface area contributed by atoms with Crippen LogP contribution >= 0.6 is 11.6 Å². The highest BCUT2D eigenvalue weighted by Gasteiger charge is 2.39. The Bertz CT molecular complexity index is 742. The molecule has 0 saturated heterocycles. The van der Waals surface area contributed by atoms with E-state index < -0.39 is 0 Å². The Morgan fingerprint density at radius 1 is 1.29 bits per heavy atom. The summed E-state index contributed by atoms with van der Waals surface area (Å²) in [6.45, 7) is 5.96. The van der Waals surface area contributed by atoms with Gasteiger partial charge in [-0.2, -0.15) is 5.10 Å². The Hall–Kier alpha value is -1.87. The lowest BCUT2D eigenvalue weighted by atomic mass is 9.72. The van der Waals surface area contributed by atoms with Gasteiger partial charge in [0.15, 0.2) is 5.78 Å². The number of ketones is 1. The molecule has 1 heterocycles. The lowest BCUT2D eigenvalue weighted by Gasteiger charge is -2.31. The van der Waals surface area contributed by atoms with E-state index in [2.05, 4.69) is 5.10 Å². The monoisotopic (exact) mass is 300 g/mol. The normalized spacial score (nSPS) is 18.9. The third-order valence-electron chi connectivity index (χ3n) is 4.08. The molecule has 1 aliphatic rings. The van der Waals surface area contributed by atoms with E-state index in [0.717, 1.165) is 23.5 Å².